The third kappa shape index (κ3) is 3.52. The summed E-state index contributed by atoms with van der Waals surface area (Å²) in [6.45, 7) is 0.631. The van der Waals surface area contributed by atoms with Crippen molar-refractivity contribution < 1.29 is 4.79 Å². The van der Waals surface area contributed by atoms with E-state index in [4.69, 9.17) is 0 Å². The van der Waals surface area contributed by atoms with Gasteiger partial charge in [0.15, 0.2) is 0 Å². The van der Waals surface area contributed by atoms with Crippen LogP contribution in [0.2, 0.25) is 0 Å². The third-order valence-corrected chi connectivity index (χ3v) is 6.36. The van der Waals surface area contributed by atoms with E-state index in [1.807, 2.05) is 24.3 Å². The Morgan fingerprint density at radius 2 is 1.65 bits per heavy atom. The fourth-order valence-electron chi connectivity index (χ4n) is 4.34. The van der Waals surface area contributed by atoms with Gasteiger partial charge >= 0.3 is 0 Å². The van der Waals surface area contributed by atoms with Crippen molar-refractivity contribution >= 4 is 16.8 Å². The summed E-state index contributed by atoms with van der Waals surface area (Å²) in [6.07, 6.45) is 4.90. The van der Waals surface area contributed by atoms with E-state index in [0.717, 1.165) is 12.8 Å². The second-order valence-corrected chi connectivity index (χ2v) is 8.17. The van der Waals surface area contributed by atoms with E-state index in [-0.39, 0.29) is 16.9 Å². The van der Waals surface area contributed by atoms with Gasteiger partial charge in [-0.15, -0.1) is 0 Å². The Morgan fingerprint density at radius 3 is 2.35 bits per heavy atom. The lowest BCUT2D eigenvalue weighted by atomic mass is 9.64. The third-order valence-electron chi connectivity index (χ3n) is 6.36. The standard InChI is InChI=1S/C26H23N3O2/c30-24(27-17-26(15-6-16-26)20-7-2-1-3-8-20)19-11-13-21(14-12-19)29-18-28-23-10-5-4-9-22(23)25(29)31/h1-5,7-14,18H,6,15-17H2,(H,27,30). The molecule has 0 aliphatic heterocycles. The molecule has 5 nitrogen and oxygen atoms in total. The molecule has 0 bridgehead atoms. The number of aromatic nitrogens is 2. The second kappa shape index (κ2) is 7.84. The fraction of sp³-hybridized carbons (Fsp3) is 0.192. The first-order chi connectivity index (χ1) is 15.2. The molecular weight excluding hydrogens is 386 g/mol. The summed E-state index contributed by atoms with van der Waals surface area (Å²) in [5.41, 5.74) is 3.13. The molecule has 3 aromatic carbocycles. The quantitative estimate of drug-likeness (QED) is 0.536. The predicted molar refractivity (Wildman–Crippen MR) is 122 cm³/mol. The Bertz CT molecular complexity index is 1290. The van der Waals surface area contributed by atoms with Gasteiger partial charge in [-0.2, -0.15) is 0 Å². The van der Waals surface area contributed by atoms with Crippen molar-refractivity contribution in [2.24, 2.45) is 0 Å². The van der Waals surface area contributed by atoms with Crippen molar-refractivity contribution in [1.29, 1.82) is 0 Å². The van der Waals surface area contributed by atoms with Crippen molar-refractivity contribution in [3.63, 3.8) is 0 Å². The number of carbonyl (C=O) groups excluding carboxylic acids is 1. The van der Waals surface area contributed by atoms with Crippen LogP contribution in [0.15, 0.2) is 90.0 Å². The molecule has 0 spiro atoms. The van der Waals surface area contributed by atoms with E-state index in [1.54, 1.807) is 30.3 Å². The summed E-state index contributed by atoms with van der Waals surface area (Å²) in [7, 11) is 0. The van der Waals surface area contributed by atoms with Crippen LogP contribution in [0.4, 0.5) is 0 Å². The van der Waals surface area contributed by atoms with Gasteiger partial charge in [0.25, 0.3) is 11.5 Å². The number of para-hydroxylation sites is 1. The highest BCUT2D eigenvalue weighted by molar-refractivity contribution is 5.94. The monoisotopic (exact) mass is 409 g/mol. The van der Waals surface area contributed by atoms with E-state index in [2.05, 4.69) is 34.6 Å². The Labute approximate surface area is 180 Å². The molecule has 1 aliphatic rings. The lowest BCUT2D eigenvalue weighted by Gasteiger charge is -2.42. The largest absolute Gasteiger partial charge is 0.351 e. The summed E-state index contributed by atoms with van der Waals surface area (Å²) in [4.78, 5) is 29.9. The zero-order chi connectivity index (χ0) is 21.3. The minimum atomic E-state index is -0.127. The number of hydrogen-bond acceptors (Lipinski definition) is 3. The zero-order valence-corrected chi connectivity index (χ0v) is 17.1. The molecule has 1 saturated carbocycles. The van der Waals surface area contributed by atoms with Crippen LogP contribution >= 0.6 is 0 Å². The molecule has 154 valence electrons. The van der Waals surface area contributed by atoms with Crippen LogP contribution in [-0.2, 0) is 5.41 Å². The maximum Gasteiger partial charge on any atom is 0.265 e. The maximum absolute atomic E-state index is 12.8. The van der Waals surface area contributed by atoms with E-state index in [0.29, 0.717) is 28.7 Å². The molecule has 0 saturated heterocycles. The number of fused-ring (bicyclic) bond motifs is 1. The van der Waals surface area contributed by atoms with Crippen molar-refractivity contribution in [2.75, 3.05) is 6.54 Å². The molecule has 0 atom stereocenters. The Balaban J connectivity index is 1.33. The van der Waals surface area contributed by atoms with E-state index in [1.165, 1.54) is 22.9 Å². The van der Waals surface area contributed by atoms with Crippen LogP contribution in [0.5, 0.6) is 0 Å². The Hall–Kier alpha value is -3.73. The molecule has 5 rings (SSSR count). The van der Waals surface area contributed by atoms with Crippen LogP contribution in [0.1, 0.15) is 35.2 Å². The highest BCUT2D eigenvalue weighted by Gasteiger charge is 2.38. The zero-order valence-electron chi connectivity index (χ0n) is 17.1. The van der Waals surface area contributed by atoms with Gasteiger partial charge < -0.3 is 5.32 Å². The lowest BCUT2D eigenvalue weighted by molar-refractivity contribution is 0.0928. The van der Waals surface area contributed by atoms with E-state index >= 15 is 0 Å². The van der Waals surface area contributed by atoms with Crippen LogP contribution in [-0.4, -0.2) is 22.0 Å². The van der Waals surface area contributed by atoms with E-state index < -0.39 is 0 Å². The fourth-order valence-corrected chi connectivity index (χ4v) is 4.34. The maximum atomic E-state index is 12.8. The SMILES string of the molecule is O=C(NCC1(c2ccccc2)CCC1)c1ccc(-n2cnc3ccccc3c2=O)cc1. The van der Waals surface area contributed by atoms with Crippen LogP contribution < -0.4 is 10.9 Å². The van der Waals surface area contributed by atoms with Crippen molar-refractivity contribution in [2.45, 2.75) is 24.7 Å². The molecule has 1 heterocycles. The number of rotatable bonds is 5. The topological polar surface area (TPSA) is 64.0 Å². The normalized spacial score (nSPS) is 14.7. The van der Waals surface area contributed by atoms with Gasteiger partial charge in [0.05, 0.1) is 16.6 Å². The van der Waals surface area contributed by atoms with Gasteiger partial charge in [-0.05, 0) is 54.8 Å². The predicted octanol–water partition coefficient (Wildman–Crippen LogP) is 4.24. The summed E-state index contributed by atoms with van der Waals surface area (Å²) in [6, 6.07) is 24.8. The highest BCUT2D eigenvalue weighted by atomic mass is 16.1. The summed E-state index contributed by atoms with van der Waals surface area (Å²) < 4.78 is 1.50. The van der Waals surface area contributed by atoms with Gasteiger partial charge in [-0.25, -0.2) is 4.98 Å². The number of nitrogens with zero attached hydrogens (tertiary/aromatic N) is 2. The summed E-state index contributed by atoms with van der Waals surface area (Å²) in [5.74, 6) is -0.0993. The molecule has 1 aliphatic carbocycles. The summed E-state index contributed by atoms with van der Waals surface area (Å²) >= 11 is 0. The highest BCUT2D eigenvalue weighted by Crippen LogP contribution is 2.43. The molecule has 4 aromatic rings. The van der Waals surface area contributed by atoms with E-state index in [9.17, 15) is 9.59 Å². The van der Waals surface area contributed by atoms with Gasteiger partial charge in [-0.3, -0.25) is 14.2 Å². The van der Waals surface area contributed by atoms with Crippen molar-refractivity contribution in [3.05, 3.63) is 107 Å². The van der Waals surface area contributed by atoms with Crippen molar-refractivity contribution in [3.8, 4) is 5.69 Å². The first-order valence-electron chi connectivity index (χ1n) is 10.6. The number of benzene rings is 3. The van der Waals surface area contributed by atoms with Crippen LogP contribution in [0.25, 0.3) is 16.6 Å². The first kappa shape index (κ1) is 19.2. The molecule has 1 aromatic heterocycles. The molecule has 1 fully saturated rings. The first-order valence-corrected chi connectivity index (χ1v) is 10.6. The second-order valence-electron chi connectivity index (χ2n) is 8.17. The minimum absolute atomic E-state index is 0.0426. The molecule has 1 N–H and O–H groups in total. The number of hydrogen-bond donors (Lipinski definition) is 1. The molecule has 1 amide bonds. The average molecular weight is 409 g/mol. The number of amides is 1. The van der Waals surface area contributed by atoms with Crippen molar-refractivity contribution in [1.82, 2.24) is 14.9 Å². The molecule has 31 heavy (non-hydrogen) atoms. The molecule has 5 heteroatoms. The van der Waals surface area contributed by atoms with Gasteiger partial charge in [0, 0.05) is 17.5 Å². The molecular formula is C26H23N3O2. The number of carbonyl (C=O) groups is 1. The van der Waals surface area contributed by atoms with Crippen LogP contribution in [0.3, 0.4) is 0 Å². The van der Waals surface area contributed by atoms with Gasteiger partial charge in [-0.1, -0.05) is 48.9 Å². The Kier molecular flexibility index (Phi) is 4.86. The Morgan fingerprint density at radius 1 is 0.935 bits per heavy atom. The molecule has 0 radical (unpaired) electrons. The van der Waals surface area contributed by atoms with Gasteiger partial charge in [0.2, 0.25) is 0 Å². The smallest absolute Gasteiger partial charge is 0.265 e. The lowest BCUT2D eigenvalue weighted by Crippen LogP contribution is -2.45. The average Bonchev–Trinajstić information content (AvgIpc) is 2.79. The molecule has 0 unspecified atom stereocenters. The van der Waals surface area contributed by atoms with Crippen LogP contribution in [0, 0.1) is 0 Å². The minimum Gasteiger partial charge on any atom is -0.351 e. The number of nitrogens with one attached hydrogen (secondary N) is 1. The van der Waals surface area contributed by atoms with Gasteiger partial charge in [0.1, 0.15) is 6.33 Å². The summed E-state index contributed by atoms with van der Waals surface area (Å²) in [5, 5.41) is 3.68.